The highest BCUT2D eigenvalue weighted by Crippen LogP contribution is 2.68. The van der Waals surface area contributed by atoms with Crippen LogP contribution in [0.4, 0.5) is 0 Å². The summed E-state index contributed by atoms with van der Waals surface area (Å²) in [6.07, 6.45) is 0. The van der Waals surface area contributed by atoms with Gasteiger partial charge in [-0.1, -0.05) is 115 Å². The van der Waals surface area contributed by atoms with Crippen LogP contribution in [0.25, 0.3) is 0 Å². The average molecular weight is 707 g/mol. The highest BCUT2D eigenvalue weighted by Gasteiger charge is 2.52. The van der Waals surface area contributed by atoms with E-state index < -0.39 is 9.84 Å². The first kappa shape index (κ1) is 30.7. The van der Waals surface area contributed by atoms with Crippen molar-refractivity contribution >= 4 is 9.84 Å². The highest BCUT2D eigenvalue weighted by molar-refractivity contribution is 7.91. The molecular formula is C48H34O4S. The lowest BCUT2D eigenvalue weighted by Gasteiger charge is -2.48. The van der Waals surface area contributed by atoms with Gasteiger partial charge in [-0.3, -0.25) is 0 Å². The van der Waals surface area contributed by atoms with E-state index in [9.17, 15) is 8.42 Å². The van der Waals surface area contributed by atoms with Gasteiger partial charge in [-0.2, -0.15) is 0 Å². The van der Waals surface area contributed by atoms with Crippen molar-refractivity contribution in [2.24, 2.45) is 0 Å². The van der Waals surface area contributed by atoms with Crippen LogP contribution < -0.4 is 9.47 Å². The zero-order valence-corrected chi connectivity index (χ0v) is 30.0. The van der Waals surface area contributed by atoms with E-state index in [1.807, 2.05) is 26.2 Å². The molecule has 0 radical (unpaired) electrons. The minimum atomic E-state index is -3.70. The Balaban J connectivity index is 1.18. The molecule has 256 valence electrons. The molecule has 7 aromatic carbocycles. The van der Waals surface area contributed by atoms with Crippen LogP contribution in [0, 0.1) is 6.92 Å². The van der Waals surface area contributed by atoms with Gasteiger partial charge in [-0.25, -0.2) is 8.42 Å². The van der Waals surface area contributed by atoms with Gasteiger partial charge in [0.2, 0.25) is 9.84 Å². The summed E-state index contributed by atoms with van der Waals surface area (Å²) in [4.78, 5) is 0.507. The van der Waals surface area contributed by atoms with Crippen molar-refractivity contribution in [3.63, 3.8) is 0 Å². The fourth-order valence-electron chi connectivity index (χ4n) is 9.97. The second kappa shape index (κ2) is 11.0. The standard InChI is InChI=1S/C48H34O4S/c1-27-19-23-29(24-20-27)53(49,50)30-25-21-28(22-26-30)52-48-45-41-35-15-7-3-11-31(35)39(32-12-4-8-16-36(32)41)43(45)47(51-2)44-40-33-13-5-9-17-37(33)42(46(44)48)38-18-10-6-14-34(38)40/h3-26,39-42H,1-2H3. The lowest BCUT2D eigenvalue weighted by atomic mass is 9.55. The summed E-state index contributed by atoms with van der Waals surface area (Å²) >= 11 is 0. The maximum absolute atomic E-state index is 13.7. The van der Waals surface area contributed by atoms with Crippen LogP contribution >= 0.6 is 0 Å². The molecule has 0 aromatic heterocycles. The lowest BCUT2D eigenvalue weighted by molar-refractivity contribution is 0.390. The van der Waals surface area contributed by atoms with Crippen LogP contribution in [-0.2, 0) is 9.84 Å². The van der Waals surface area contributed by atoms with Gasteiger partial charge in [0.1, 0.15) is 17.2 Å². The van der Waals surface area contributed by atoms with Gasteiger partial charge in [0.05, 0.1) is 16.9 Å². The lowest BCUT2D eigenvalue weighted by Crippen LogP contribution is -2.33. The summed E-state index contributed by atoms with van der Waals surface area (Å²) in [5, 5.41) is 0. The topological polar surface area (TPSA) is 52.6 Å². The van der Waals surface area contributed by atoms with E-state index in [4.69, 9.17) is 9.47 Å². The summed E-state index contributed by atoms with van der Waals surface area (Å²) in [6, 6.07) is 49.2. The molecule has 0 saturated heterocycles. The molecule has 6 aliphatic rings. The third-order valence-electron chi connectivity index (χ3n) is 12.1. The fourth-order valence-corrected chi connectivity index (χ4v) is 11.2. The van der Waals surface area contributed by atoms with E-state index in [1.165, 1.54) is 55.6 Å². The molecule has 6 aliphatic carbocycles. The third-order valence-corrected chi connectivity index (χ3v) is 13.9. The Bertz CT molecular complexity index is 2560. The SMILES string of the molecule is COc1c2c(c(Oc3ccc(S(=O)(=O)c4ccc(C)cc4)cc3)c3c1C1c4ccccc4C3c3ccccc31)C1c3ccccc3C2c2ccccc21. The Kier molecular flexibility index (Phi) is 6.40. The van der Waals surface area contributed by atoms with E-state index in [2.05, 4.69) is 97.1 Å². The van der Waals surface area contributed by atoms with Crippen molar-refractivity contribution in [2.45, 2.75) is 40.4 Å². The Labute approximate surface area is 309 Å². The summed E-state index contributed by atoms with van der Waals surface area (Å²) < 4.78 is 41.2. The number of methoxy groups -OCH3 is 1. The molecule has 53 heavy (non-hydrogen) atoms. The Morgan fingerprint density at radius 3 is 1.04 bits per heavy atom. The second-order valence-electron chi connectivity index (χ2n) is 14.7. The molecule has 5 heteroatoms. The monoisotopic (exact) mass is 706 g/mol. The first-order valence-electron chi connectivity index (χ1n) is 18.2. The second-order valence-corrected chi connectivity index (χ2v) is 16.6. The quantitative estimate of drug-likeness (QED) is 0.179. The molecule has 0 amide bonds. The van der Waals surface area contributed by atoms with Crippen LogP contribution in [0.5, 0.6) is 17.2 Å². The fraction of sp³-hybridized carbons (Fsp3) is 0.125. The Morgan fingerprint density at radius 1 is 0.415 bits per heavy atom. The van der Waals surface area contributed by atoms with Crippen molar-refractivity contribution in [2.75, 3.05) is 7.11 Å². The molecule has 0 fully saturated rings. The number of benzene rings is 7. The van der Waals surface area contributed by atoms with Crippen LogP contribution in [0.3, 0.4) is 0 Å². The van der Waals surface area contributed by atoms with Gasteiger partial charge in [-0.15, -0.1) is 0 Å². The van der Waals surface area contributed by atoms with Gasteiger partial charge >= 0.3 is 0 Å². The normalized spacial score (nSPS) is 19.3. The minimum absolute atomic E-state index is 0.0297. The molecular weight excluding hydrogens is 673 g/mol. The van der Waals surface area contributed by atoms with Crippen molar-refractivity contribution in [1.29, 1.82) is 0 Å². The van der Waals surface area contributed by atoms with E-state index >= 15 is 0 Å². The molecule has 0 unspecified atom stereocenters. The van der Waals surface area contributed by atoms with Gasteiger partial charge in [-0.05, 0) is 87.8 Å². The van der Waals surface area contributed by atoms with E-state index in [0.29, 0.717) is 5.75 Å². The van der Waals surface area contributed by atoms with Crippen molar-refractivity contribution in [3.05, 3.63) is 218 Å². The van der Waals surface area contributed by atoms with Gasteiger partial charge < -0.3 is 9.47 Å². The first-order chi connectivity index (χ1) is 26.0. The van der Waals surface area contributed by atoms with Crippen molar-refractivity contribution in [3.8, 4) is 17.2 Å². The number of aryl methyl sites for hydroxylation is 1. The third kappa shape index (κ3) is 4.09. The minimum Gasteiger partial charge on any atom is -0.496 e. The first-order valence-corrected chi connectivity index (χ1v) is 19.7. The zero-order chi connectivity index (χ0) is 35.6. The smallest absolute Gasteiger partial charge is 0.206 e. The van der Waals surface area contributed by atoms with E-state index in [0.717, 1.165) is 28.2 Å². The van der Waals surface area contributed by atoms with Crippen molar-refractivity contribution in [1.82, 2.24) is 0 Å². The predicted octanol–water partition coefficient (Wildman–Crippen LogP) is 10.6. The number of hydrogen-bond acceptors (Lipinski definition) is 4. The molecule has 0 atom stereocenters. The predicted molar refractivity (Wildman–Crippen MR) is 206 cm³/mol. The summed E-state index contributed by atoms with van der Waals surface area (Å²) in [5.74, 6) is 2.19. The molecule has 0 heterocycles. The van der Waals surface area contributed by atoms with Crippen LogP contribution in [0.2, 0.25) is 0 Å². The van der Waals surface area contributed by atoms with Gasteiger partial charge in [0, 0.05) is 45.9 Å². The van der Waals surface area contributed by atoms with Crippen LogP contribution in [0.1, 0.15) is 96.0 Å². The molecule has 4 bridgehead atoms. The molecule has 0 aliphatic heterocycles. The summed E-state index contributed by atoms with van der Waals surface area (Å²) in [5.41, 5.74) is 16.0. The number of rotatable bonds is 5. The van der Waals surface area contributed by atoms with E-state index in [-0.39, 0.29) is 33.5 Å². The van der Waals surface area contributed by atoms with Gasteiger partial charge in [0.25, 0.3) is 0 Å². The number of hydrogen-bond donors (Lipinski definition) is 0. The number of ether oxygens (including phenoxy) is 2. The van der Waals surface area contributed by atoms with Crippen molar-refractivity contribution < 1.29 is 17.9 Å². The van der Waals surface area contributed by atoms with Crippen LogP contribution in [-0.4, -0.2) is 15.5 Å². The summed E-state index contributed by atoms with van der Waals surface area (Å²) in [7, 11) is -1.88. The van der Waals surface area contributed by atoms with Gasteiger partial charge in [0.15, 0.2) is 0 Å². The molecule has 0 spiro atoms. The average Bonchev–Trinajstić information content (AvgIpc) is 3.20. The Hall–Kier alpha value is -5.91. The maximum atomic E-state index is 13.7. The molecule has 7 aromatic rings. The Morgan fingerprint density at radius 2 is 0.717 bits per heavy atom. The molecule has 0 saturated carbocycles. The van der Waals surface area contributed by atoms with E-state index in [1.54, 1.807) is 36.4 Å². The summed E-state index contributed by atoms with van der Waals surface area (Å²) in [6.45, 7) is 1.95. The zero-order valence-electron chi connectivity index (χ0n) is 29.2. The highest BCUT2D eigenvalue weighted by atomic mass is 32.2. The number of sulfone groups is 1. The molecule has 0 N–H and O–H groups in total. The largest absolute Gasteiger partial charge is 0.496 e. The van der Waals surface area contributed by atoms with Crippen LogP contribution in [0.15, 0.2) is 155 Å². The maximum Gasteiger partial charge on any atom is 0.206 e. The molecule has 4 nitrogen and oxygen atoms in total. The molecule has 13 rings (SSSR count).